The van der Waals surface area contributed by atoms with Gasteiger partial charge < -0.3 is 14.9 Å². The molecule has 8 bridgehead atoms. The van der Waals surface area contributed by atoms with E-state index in [1.165, 1.54) is 77.7 Å². The number of rotatable bonds is 8. The molecule has 5 heterocycles. The maximum atomic E-state index is 6.08. The van der Waals surface area contributed by atoms with Gasteiger partial charge in [0.05, 0.1) is 34.0 Å². The number of H-pyrrole nitrogens is 2. The second kappa shape index (κ2) is 23.4. The molecule has 472 valence electrons. The lowest BCUT2D eigenvalue weighted by molar-refractivity contribution is 0.568. The third-order valence-corrected chi connectivity index (χ3v) is 19.2. The van der Waals surface area contributed by atoms with E-state index < -0.39 is 0 Å². The number of anilines is 3. The molecule has 6 heteroatoms. The molecule has 6 aromatic carbocycles. The molecule has 9 aromatic rings. The average Bonchev–Trinajstić information content (AvgIpc) is 1.41. The molecule has 0 saturated heterocycles. The van der Waals surface area contributed by atoms with Crippen molar-refractivity contribution in [1.82, 2.24) is 19.9 Å². The van der Waals surface area contributed by atoms with Crippen molar-refractivity contribution in [2.75, 3.05) is 4.90 Å². The largest absolute Gasteiger partial charge is 0.355 e. The third-order valence-electron chi connectivity index (χ3n) is 19.2. The number of aromatic amines is 2. The summed E-state index contributed by atoms with van der Waals surface area (Å²) in [6.45, 7) is 55.1. The fourth-order valence-corrected chi connectivity index (χ4v) is 14.0. The fraction of sp³-hybridized carbons (Fsp3) is 0.349. The Morgan fingerprint density at radius 2 is 0.609 bits per heavy atom. The number of hydrogen-bond donors (Lipinski definition) is 2. The Bertz CT molecular complexity index is 4310. The van der Waals surface area contributed by atoms with Crippen LogP contribution in [0, 0.1) is 41.5 Å². The van der Waals surface area contributed by atoms with Gasteiger partial charge in [-0.2, -0.15) is 0 Å². The van der Waals surface area contributed by atoms with Crippen LogP contribution in [-0.2, 0) is 32.5 Å². The number of nitrogens with zero attached hydrogens (tertiary/aromatic N) is 3. The summed E-state index contributed by atoms with van der Waals surface area (Å²) in [6, 6.07) is 51.6. The lowest BCUT2D eigenvalue weighted by Gasteiger charge is -2.28. The van der Waals surface area contributed by atoms with Gasteiger partial charge in [0.15, 0.2) is 0 Å². The second-order valence-corrected chi connectivity index (χ2v) is 33.1. The predicted octanol–water partition coefficient (Wildman–Crippen LogP) is 21.6. The summed E-state index contributed by atoms with van der Waals surface area (Å²) in [6.07, 6.45) is 9.10. The molecular formula is C86H100BN5. The highest BCUT2D eigenvalue weighted by atomic mass is 15.2. The van der Waals surface area contributed by atoms with Crippen molar-refractivity contribution in [1.29, 1.82) is 0 Å². The number of fused-ring (bicyclic) bond motifs is 8. The zero-order valence-electron chi connectivity index (χ0n) is 59.9. The van der Waals surface area contributed by atoms with E-state index in [1.807, 2.05) is 0 Å². The second-order valence-electron chi connectivity index (χ2n) is 33.1. The Balaban J connectivity index is 1.40. The molecule has 0 fully saturated rings. The summed E-state index contributed by atoms with van der Waals surface area (Å²) in [5.41, 5.74) is 33.0. The third kappa shape index (κ3) is 12.9. The highest BCUT2D eigenvalue weighted by Gasteiger charge is 2.34. The molecule has 2 N–H and O–H groups in total. The smallest absolute Gasteiger partial charge is 0.248 e. The Labute approximate surface area is 552 Å². The van der Waals surface area contributed by atoms with Gasteiger partial charge in [-0.25, -0.2) is 9.97 Å². The summed E-state index contributed by atoms with van der Waals surface area (Å²) in [5.74, 6) is 0. The molecule has 5 nitrogen and oxygen atoms in total. The van der Waals surface area contributed by atoms with Crippen LogP contribution in [0.15, 0.2) is 133 Å². The fourth-order valence-electron chi connectivity index (χ4n) is 14.0. The van der Waals surface area contributed by atoms with Crippen molar-refractivity contribution < 1.29 is 0 Å². The van der Waals surface area contributed by atoms with Crippen LogP contribution in [0.2, 0.25) is 0 Å². The number of nitrogens with one attached hydrogen (secondary N) is 2. The van der Waals surface area contributed by atoms with Gasteiger partial charge in [-0.1, -0.05) is 254 Å². The van der Waals surface area contributed by atoms with E-state index in [1.54, 1.807) is 0 Å². The van der Waals surface area contributed by atoms with Gasteiger partial charge in [0.25, 0.3) is 0 Å². The van der Waals surface area contributed by atoms with Crippen LogP contribution in [-0.4, -0.2) is 26.6 Å². The van der Waals surface area contributed by atoms with Gasteiger partial charge in [-0.15, -0.1) is 0 Å². The van der Waals surface area contributed by atoms with Crippen molar-refractivity contribution in [3.63, 3.8) is 0 Å². The highest BCUT2D eigenvalue weighted by Crippen LogP contribution is 2.45. The minimum absolute atomic E-state index is 0.0426. The van der Waals surface area contributed by atoms with Crippen LogP contribution >= 0.6 is 0 Å². The summed E-state index contributed by atoms with van der Waals surface area (Å²) in [4.78, 5) is 23.0. The van der Waals surface area contributed by atoms with Gasteiger partial charge in [0.2, 0.25) is 6.71 Å². The lowest BCUT2D eigenvalue weighted by atomic mass is 9.33. The van der Waals surface area contributed by atoms with E-state index in [-0.39, 0.29) is 39.2 Å². The van der Waals surface area contributed by atoms with Crippen molar-refractivity contribution >= 4 is 86.5 Å². The Morgan fingerprint density at radius 1 is 0.304 bits per heavy atom. The van der Waals surface area contributed by atoms with Crippen LogP contribution in [0.4, 0.5) is 17.1 Å². The first-order valence-electron chi connectivity index (χ1n) is 33.5. The van der Waals surface area contributed by atoms with Crippen molar-refractivity contribution in [3.05, 3.63) is 223 Å². The maximum Gasteiger partial charge on any atom is 0.248 e. The molecule has 0 atom stereocenters. The highest BCUT2D eigenvalue weighted by molar-refractivity contribution is 6.98. The van der Waals surface area contributed by atoms with E-state index in [4.69, 9.17) is 9.97 Å². The monoisotopic (exact) mass is 1210 g/mol. The molecule has 0 saturated carbocycles. The zero-order valence-corrected chi connectivity index (χ0v) is 59.9. The summed E-state index contributed by atoms with van der Waals surface area (Å²) in [7, 11) is 0. The molecule has 0 spiro atoms. The number of benzene rings is 6. The first-order valence-corrected chi connectivity index (χ1v) is 33.5. The van der Waals surface area contributed by atoms with Gasteiger partial charge in [0.1, 0.15) is 0 Å². The minimum atomic E-state index is -0.205. The molecule has 92 heavy (non-hydrogen) atoms. The minimum Gasteiger partial charge on any atom is -0.355 e. The maximum absolute atomic E-state index is 6.08. The van der Waals surface area contributed by atoms with E-state index in [9.17, 15) is 0 Å². The molecule has 0 radical (unpaired) electrons. The molecule has 2 aliphatic heterocycles. The molecule has 0 unspecified atom stereocenters. The van der Waals surface area contributed by atoms with Crippen molar-refractivity contribution in [2.45, 2.75) is 199 Å². The first-order chi connectivity index (χ1) is 42.8. The number of aromatic nitrogens is 4. The molecule has 11 rings (SSSR count). The van der Waals surface area contributed by atoms with E-state index in [0.717, 1.165) is 89.6 Å². The molecule has 2 aliphatic rings. The van der Waals surface area contributed by atoms with Gasteiger partial charge in [-0.3, -0.25) is 0 Å². The summed E-state index contributed by atoms with van der Waals surface area (Å²) >= 11 is 0. The van der Waals surface area contributed by atoms with Crippen molar-refractivity contribution in [2.24, 2.45) is 0 Å². The van der Waals surface area contributed by atoms with E-state index in [2.05, 4.69) is 339 Å². The van der Waals surface area contributed by atoms with Crippen LogP contribution in [0.25, 0.3) is 68.6 Å². The number of hydrogen-bond acceptors (Lipinski definition) is 3. The van der Waals surface area contributed by atoms with Gasteiger partial charge >= 0.3 is 0 Å². The predicted molar refractivity (Wildman–Crippen MR) is 403 cm³/mol. The molecular weight excluding hydrogens is 1110 g/mol. The zero-order chi connectivity index (χ0) is 66.7. The Hall–Kier alpha value is -8.22. The van der Waals surface area contributed by atoms with Gasteiger partial charge in [0, 0.05) is 39.1 Å². The first kappa shape index (κ1) is 65.3. The van der Waals surface area contributed by atoms with Crippen LogP contribution in [0.3, 0.4) is 0 Å². The van der Waals surface area contributed by atoms with Crippen LogP contribution < -0.4 is 21.3 Å². The average molecular weight is 1210 g/mol. The van der Waals surface area contributed by atoms with E-state index >= 15 is 0 Å². The standard InChI is InChI=1S/C86H100BN5/c1-51-41-53(3)77(54(4)42-51)87(78-55(5)43-52(2)44-56(78)6)79-71-37-33-67(88-71)75(57-45-61(83(13,14)15)49-62(46-57)84(16,17)18)69-35-39-73(90-69)80(92(65-29-25-59(26-30-65)81(7,8)9)66-31-27-60(28-32-66)82(10,11)12)74-40-36-70(91-74)76(68-34-38-72(79)89-68)58-47-63(85(19,20)21)50-64(48-58)86(22,23)24/h25-50,88,91H,1-24H3. The summed E-state index contributed by atoms with van der Waals surface area (Å²) in [5, 5.41) is 0. The summed E-state index contributed by atoms with van der Waals surface area (Å²) < 4.78 is 0. The van der Waals surface area contributed by atoms with Crippen LogP contribution in [0.5, 0.6) is 0 Å². The lowest BCUT2D eigenvalue weighted by Crippen LogP contribution is -2.57. The topological polar surface area (TPSA) is 60.6 Å². The SMILES string of the molecule is Cc1cc(C)c(B(c2c(C)cc(C)cc2C)c2c3nc(c(-c4cc(C(C)(C)C)cc(C(C)(C)C)c4)c4ccc([nH]4)c(N(c4ccc(C(C)(C)C)cc4)c4ccc(C(C)(C)C)cc4)c4nc(c(-c5cc(C(C)(C)C)cc(C(C)(C)C)c5)c5ccc2[nH]5)C=C4)C=C3)c(C)c1. The van der Waals surface area contributed by atoms with E-state index in [0.29, 0.717) is 0 Å². The van der Waals surface area contributed by atoms with Crippen molar-refractivity contribution in [3.8, 4) is 22.3 Å². The molecule has 3 aromatic heterocycles. The van der Waals surface area contributed by atoms with Crippen LogP contribution in [0.1, 0.15) is 214 Å². The Morgan fingerprint density at radius 3 is 0.967 bits per heavy atom. The molecule has 0 aliphatic carbocycles. The Kier molecular flexibility index (Phi) is 16.6. The normalized spacial score (nSPS) is 13.1. The van der Waals surface area contributed by atoms with Gasteiger partial charge in [-0.05, 0) is 197 Å². The quantitative estimate of drug-likeness (QED) is 0.149. The number of aryl methyl sites for hydroxylation is 6. The molecule has 0 amide bonds.